The summed E-state index contributed by atoms with van der Waals surface area (Å²) < 4.78 is 7.38. The van der Waals surface area contributed by atoms with Crippen molar-refractivity contribution in [3.05, 3.63) is 53.3 Å². The third-order valence-corrected chi connectivity index (χ3v) is 4.83. The molecule has 30 heavy (non-hydrogen) atoms. The minimum atomic E-state index is -0.0763. The highest BCUT2D eigenvalue weighted by atomic mass is 127. The van der Waals surface area contributed by atoms with Crippen LogP contribution in [-0.4, -0.2) is 47.4 Å². The first kappa shape index (κ1) is 24.1. The molecule has 1 unspecified atom stereocenters. The molecule has 1 aromatic carbocycles. The molecule has 1 aromatic heterocycles. The van der Waals surface area contributed by atoms with Crippen LogP contribution in [0.15, 0.2) is 41.5 Å². The number of nitrogens with zero attached hydrogens (tertiary/aromatic N) is 3. The highest BCUT2D eigenvalue weighted by Crippen LogP contribution is 2.11. The molecule has 0 saturated carbocycles. The fourth-order valence-electron chi connectivity index (χ4n) is 3.19. The van der Waals surface area contributed by atoms with Gasteiger partial charge in [0.15, 0.2) is 5.96 Å². The number of benzene rings is 1. The van der Waals surface area contributed by atoms with Crippen molar-refractivity contribution in [1.82, 2.24) is 25.7 Å². The van der Waals surface area contributed by atoms with Crippen LogP contribution in [-0.2, 0) is 24.9 Å². The third-order valence-electron chi connectivity index (χ3n) is 4.83. The van der Waals surface area contributed by atoms with Gasteiger partial charge in [0.25, 0.3) is 5.91 Å². The Morgan fingerprint density at radius 3 is 2.87 bits per heavy atom. The van der Waals surface area contributed by atoms with Crippen LogP contribution < -0.4 is 16.0 Å². The highest BCUT2D eigenvalue weighted by Gasteiger charge is 2.16. The molecule has 2 aromatic rings. The van der Waals surface area contributed by atoms with Gasteiger partial charge in [-0.2, -0.15) is 5.10 Å². The number of aryl methyl sites for hydroxylation is 1. The number of hydrogen-bond acceptors (Lipinski definition) is 4. The third kappa shape index (κ3) is 7.28. The first-order valence-electron chi connectivity index (χ1n) is 10.1. The Balaban J connectivity index is 0.00000320. The van der Waals surface area contributed by atoms with E-state index in [2.05, 4.69) is 26.0 Å². The van der Waals surface area contributed by atoms with Crippen molar-refractivity contribution in [3.8, 4) is 0 Å². The lowest BCUT2D eigenvalue weighted by Crippen LogP contribution is -2.37. The predicted molar refractivity (Wildman–Crippen MR) is 128 cm³/mol. The normalized spacial score (nSPS) is 16.1. The number of nitrogens with one attached hydrogen (secondary N) is 3. The van der Waals surface area contributed by atoms with Gasteiger partial charge in [0.2, 0.25) is 0 Å². The van der Waals surface area contributed by atoms with E-state index >= 15 is 0 Å². The molecule has 3 rings (SSSR count). The second kappa shape index (κ2) is 12.5. The Labute approximate surface area is 194 Å². The maximum absolute atomic E-state index is 12.4. The first-order valence-corrected chi connectivity index (χ1v) is 10.1. The van der Waals surface area contributed by atoms with Gasteiger partial charge in [-0.3, -0.25) is 9.48 Å². The molecule has 3 N–H and O–H groups in total. The van der Waals surface area contributed by atoms with Gasteiger partial charge in [-0.25, -0.2) is 4.99 Å². The molecular formula is C21H31IN6O2. The monoisotopic (exact) mass is 526 g/mol. The van der Waals surface area contributed by atoms with Gasteiger partial charge in [0.1, 0.15) is 0 Å². The average molecular weight is 526 g/mol. The zero-order valence-electron chi connectivity index (χ0n) is 17.6. The zero-order valence-corrected chi connectivity index (χ0v) is 19.9. The number of aromatic nitrogens is 2. The number of amides is 1. The summed E-state index contributed by atoms with van der Waals surface area (Å²) in [7, 11) is 1.91. The fraction of sp³-hybridized carbons (Fsp3) is 0.476. The van der Waals surface area contributed by atoms with Gasteiger partial charge >= 0.3 is 0 Å². The summed E-state index contributed by atoms with van der Waals surface area (Å²) in [4.78, 5) is 17.1. The Hall–Kier alpha value is -2.14. The highest BCUT2D eigenvalue weighted by molar-refractivity contribution is 14.0. The number of ether oxygens (including phenoxy) is 1. The molecule has 1 atom stereocenters. The largest absolute Gasteiger partial charge is 0.376 e. The van der Waals surface area contributed by atoms with Crippen molar-refractivity contribution in [3.63, 3.8) is 0 Å². The maximum atomic E-state index is 12.4. The fourth-order valence-corrected chi connectivity index (χ4v) is 3.19. The summed E-state index contributed by atoms with van der Waals surface area (Å²) in [5.74, 6) is 0.648. The molecule has 9 heteroatoms. The Bertz CT molecular complexity index is 832. The molecule has 1 aliphatic heterocycles. The smallest absolute Gasteiger partial charge is 0.251 e. The number of hydrogen-bond donors (Lipinski definition) is 3. The van der Waals surface area contributed by atoms with E-state index in [1.165, 1.54) is 0 Å². The van der Waals surface area contributed by atoms with E-state index in [9.17, 15) is 4.79 Å². The summed E-state index contributed by atoms with van der Waals surface area (Å²) >= 11 is 0. The molecule has 1 saturated heterocycles. The first-order chi connectivity index (χ1) is 14.2. The van der Waals surface area contributed by atoms with Gasteiger partial charge in [0, 0.05) is 38.5 Å². The van der Waals surface area contributed by atoms with Crippen molar-refractivity contribution >= 4 is 35.8 Å². The average Bonchev–Trinajstić information content (AvgIpc) is 3.40. The lowest BCUT2D eigenvalue weighted by molar-refractivity contribution is 0.0857. The van der Waals surface area contributed by atoms with E-state index in [1.54, 1.807) is 6.20 Å². The van der Waals surface area contributed by atoms with E-state index in [4.69, 9.17) is 4.74 Å². The summed E-state index contributed by atoms with van der Waals surface area (Å²) in [6.07, 6.45) is 3.99. The number of halogens is 1. The van der Waals surface area contributed by atoms with E-state index < -0.39 is 0 Å². The lowest BCUT2D eigenvalue weighted by atomic mass is 10.1. The van der Waals surface area contributed by atoms with Crippen molar-refractivity contribution in [2.45, 2.75) is 39.0 Å². The van der Waals surface area contributed by atoms with Crippen molar-refractivity contribution in [1.29, 1.82) is 0 Å². The SMILES string of the molecule is CCNC(=NCc1cccc(C(=O)NCC2CCCO2)c1)NCc1ccnn1C.I. The van der Waals surface area contributed by atoms with E-state index in [1.807, 2.05) is 49.0 Å². The molecule has 0 bridgehead atoms. The molecule has 1 amide bonds. The minimum absolute atomic E-state index is 0. The van der Waals surface area contributed by atoms with Crippen LogP contribution in [0.1, 0.15) is 41.4 Å². The van der Waals surface area contributed by atoms with E-state index in [-0.39, 0.29) is 36.0 Å². The molecule has 0 aliphatic carbocycles. The number of carbonyl (C=O) groups excluding carboxylic acids is 1. The van der Waals surface area contributed by atoms with Crippen LogP contribution in [0.5, 0.6) is 0 Å². The lowest BCUT2D eigenvalue weighted by Gasteiger charge is -2.12. The number of carbonyl (C=O) groups is 1. The summed E-state index contributed by atoms with van der Waals surface area (Å²) in [6, 6.07) is 9.55. The Morgan fingerprint density at radius 2 is 2.17 bits per heavy atom. The number of rotatable bonds is 8. The van der Waals surface area contributed by atoms with Gasteiger partial charge in [-0.05, 0) is 43.5 Å². The summed E-state index contributed by atoms with van der Waals surface area (Å²) in [5, 5.41) is 13.7. The summed E-state index contributed by atoms with van der Waals surface area (Å²) in [6.45, 7) is 5.26. The van der Waals surface area contributed by atoms with Gasteiger partial charge in [-0.1, -0.05) is 12.1 Å². The van der Waals surface area contributed by atoms with Crippen LogP contribution in [0.3, 0.4) is 0 Å². The topological polar surface area (TPSA) is 92.6 Å². The Kier molecular flexibility index (Phi) is 10.1. The van der Waals surface area contributed by atoms with Crippen LogP contribution in [0.2, 0.25) is 0 Å². The van der Waals surface area contributed by atoms with Gasteiger partial charge < -0.3 is 20.7 Å². The molecule has 1 aliphatic rings. The maximum Gasteiger partial charge on any atom is 0.251 e. The van der Waals surface area contributed by atoms with Gasteiger partial charge in [0.05, 0.1) is 24.9 Å². The van der Waals surface area contributed by atoms with Crippen molar-refractivity contribution in [2.24, 2.45) is 12.0 Å². The second-order valence-electron chi connectivity index (χ2n) is 7.04. The molecule has 164 valence electrons. The Morgan fingerprint density at radius 1 is 1.30 bits per heavy atom. The van der Waals surface area contributed by atoms with Crippen molar-refractivity contribution in [2.75, 3.05) is 19.7 Å². The number of aliphatic imine (C=N–C) groups is 1. The van der Waals surface area contributed by atoms with E-state index in [0.29, 0.717) is 25.2 Å². The van der Waals surface area contributed by atoms with E-state index in [0.717, 1.165) is 43.2 Å². The van der Waals surface area contributed by atoms with Crippen LogP contribution in [0.4, 0.5) is 0 Å². The van der Waals surface area contributed by atoms with Crippen LogP contribution in [0.25, 0.3) is 0 Å². The quantitative estimate of drug-likeness (QED) is 0.279. The van der Waals surface area contributed by atoms with Gasteiger partial charge in [-0.15, -0.1) is 24.0 Å². The molecule has 0 radical (unpaired) electrons. The van der Waals surface area contributed by atoms with Crippen LogP contribution in [0, 0.1) is 0 Å². The number of guanidine groups is 1. The molecule has 1 fully saturated rings. The molecular weight excluding hydrogens is 495 g/mol. The minimum Gasteiger partial charge on any atom is -0.376 e. The van der Waals surface area contributed by atoms with Crippen LogP contribution >= 0.6 is 24.0 Å². The zero-order chi connectivity index (χ0) is 20.5. The standard InChI is InChI=1S/C21H30N6O2.HI/c1-3-22-21(25-14-18-9-10-26-27(18)2)24-13-16-6-4-7-17(12-16)20(28)23-15-19-8-5-11-29-19;/h4,6-7,9-10,12,19H,3,5,8,11,13-15H2,1-2H3,(H,23,28)(H2,22,24,25);1H. The predicted octanol–water partition coefficient (Wildman–Crippen LogP) is 2.20. The molecule has 2 heterocycles. The second-order valence-corrected chi connectivity index (χ2v) is 7.04. The molecule has 0 spiro atoms. The summed E-state index contributed by atoms with van der Waals surface area (Å²) in [5.41, 5.74) is 2.69. The van der Waals surface area contributed by atoms with Crippen molar-refractivity contribution < 1.29 is 9.53 Å². The molecule has 8 nitrogen and oxygen atoms in total.